The standard InChI is InChI=1S/C23H20Cl2N2O5/c24-14-8-9-19(18(25)11-14)26-20(28)12-32-23(31)13-4-3-5-15(10-13)27-21(29)16-6-1-2-7-17(16)22(27)30/h3-5,8-11,16-17H,1-2,6-7,12H2,(H,26,28)/t16-,17-/m0/s1. The summed E-state index contributed by atoms with van der Waals surface area (Å²) in [6.45, 7) is -0.534. The number of carbonyl (C=O) groups is 4. The van der Waals surface area contributed by atoms with Crippen LogP contribution in [0.15, 0.2) is 42.5 Å². The van der Waals surface area contributed by atoms with Crippen molar-refractivity contribution in [2.45, 2.75) is 25.7 Å². The predicted octanol–water partition coefficient (Wildman–Crippen LogP) is 4.47. The van der Waals surface area contributed by atoms with Crippen LogP contribution in [0.4, 0.5) is 11.4 Å². The Labute approximate surface area is 194 Å². The van der Waals surface area contributed by atoms with Crippen LogP contribution in [0.1, 0.15) is 36.0 Å². The number of benzene rings is 2. The number of imide groups is 1. The average Bonchev–Trinajstić information content (AvgIpc) is 3.04. The largest absolute Gasteiger partial charge is 0.452 e. The van der Waals surface area contributed by atoms with Gasteiger partial charge in [-0.1, -0.05) is 42.1 Å². The second-order valence-electron chi connectivity index (χ2n) is 7.81. The molecule has 1 aliphatic carbocycles. The fraction of sp³-hybridized carbons (Fsp3) is 0.304. The van der Waals surface area contributed by atoms with E-state index in [-0.39, 0.29) is 34.2 Å². The van der Waals surface area contributed by atoms with Gasteiger partial charge in [0.25, 0.3) is 5.91 Å². The topological polar surface area (TPSA) is 92.8 Å². The minimum absolute atomic E-state index is 0.135. The van der Waals surface area contributed by atoms with Gasteiger partial charge in [0.2, 0.25) is 11.8 Å². The first-order valence-corrected chi connectivity index (χ1v) is 11.0. The molecule has 9 heteroatoms. The van der Waals surface area contributed by atoms with E-state index in [1.807, 2.05) is 0 Å². The van der Waals surface area contributed by atoms with Gasteiger partial charge >= 0.3 is 5.97 Å². The summed E-state index contributed by atoms with van der Waals surface area (Å²) >= 11 is 11.8. The van der Waals surface area contributed by atoms with Crippen LogP contribution in [0, 0.1) is 11.8 Å². The Morgan fingerprint density at radius 3 is 2.34 bits per heavy atom. The highest BCUT2D eigenvalue weighted by Gasteiger charge is 2.48. The average molecular weight is 475 g/mol. The molecule has 3 amide bonds. The van der Waals surface area contributed by atoms with Crippen molar-refractivity contribution in [1.29, 1.82) is 0 Å². The van der Waals surface area contributed by atoms with Gasteiger partial charge in [0.15, 0.2) is 6.61 Å². The minimum Gasteiger partial charge on any atom is -0.452 e. The van der Waals surface area contributed by atoms with Crippen molar-refractivity contribution in [2.75, 3.05) is 16.8 Å². The molecule has 32 heavy (non-hydrogen) atoms. The molecule has 7 nitrogen and oxygen atoms in total. The van der Waals surface area contributed by atoms with Gasteiger partial charge in [-0.3, -0.25) is 19.3 Å². The van der Waals surface area contributed by atoms with Crippen LogP contribution in [0.5, 0.6) is 0 Å². The van der Waals surface area contributed by atoms with Crippen LogP contribution in [0.3, 0.4) is 0 Å². The molecule has 1 N–H and O–H groups in total. The second kappa shape index (κ2) is 9.30. The zero-order chi connectivity index (χ0) is 22.8. The summed E-state index contributed by atoms with van der Waals surface area (Å²) in [4.78, 5) is 51.3. The molecule has 1 saturated carbocycles. The summed E-state index contributed by atoms with van der Waals surface area (Å²) in [7, 11) is 0. The van der Waals surface area contributed by atoms with Gasteiger partial charge in [0.05, 0.1) is 33.8 Å². The number of hydrogen-bond donors (Lipinski definition) is 1. The van der Waals surface area contributed by atoms with E-state index in [0.29, 0.717) is 29.2 Å². The van der Waals surface area contributed by atoms with E-state index in [1.165, 1.54) is 29.2 Å². The van der Waals surface area contributed by atoms with Gasteiger partial charge < -0.3 is 10.1 Å². The molecular formula is C23H20Cl2N2O5. The molecule has 1 saturated heterocycles. The van der Waals surface area contributed by atoms with E-state index < -0.39 is 18.5 Å². The Morgan fingerprint density at radius 2 is 1.69 bits per heavy atom. The summed E-state index contributed by atoms with van der Waals surface area (Å²) in [6, 6.07) is 10.7. The Hall–Kier alpha value is -2.90. The first-order chi connectivity index (χ1) is 15.3. The number of rotatable bonds is 5. The Morgan fingerprint density at radius 1 is 1.00 bits per heavy atom. The van der Waals surface area contributed by atoms with Crippen LogP contribution in [0.2, 0.25) is 10.0 Å². The third-order valence-electron chi connectivity index (χ3n) is 5.72. The van der Waals surface area contributed by atoms with E-state index >= 15 is 0 Å². The lowest BCUT2D eigenvalue weighted by molar-refractivity contribution is -0.122. The number of nitrogens with one attached hydrogen (secondary N) is 1. The van der Waals surface area contributed by atoms with Crippen LogP contribution >= 0.6 is 23.2 Å². The van der Waals surface area contributed by atoms with E-state index in [0.717, 1.165) is 12.8 Å². The Bertz CT molecular complexity index is 1080. The lowest BCUT2D eigenvalue weighted by Gasteiger charge is -2.19. The van der Waals surface area contributed by atoms with Crippen molar-refractivity contribution in [1.82, 2.24) is 0 Å². The van der Waals surface area contributed by atoms with Gasteiger partial charge in [-0.25, -0.2) is 4.79 Å². The van der Waals surface area contributed by atoms with Crippen molar-refractivity contribution in [3.63, 3.8) is 0 Å². The Kier molecular flexibility index (Phi) is 6.48. The molecule has 0 aromatic heterocycles. The summed E-state index contributed by atoms with van der Waals surface area (Å²) in [5.41, 5.74) is 0.809. The number of esters is 1. The Balaban J connectivity index is 1.41. The molecule has 2 atom stereocenters. The number of ether oxygens (including phenoxy) is 1. The van der Waals surface area contributed by atoms with Gasteiger partial charge in [0.1, 0.15) is 0 Å². The summed E-state index contributed by atoms with van der Waals surface area (Å²) in [5, 5.41) is 3.22. The fourth-order valence-corrected chi connectivity index (χ4v) is 4.64. The molecule has 2 fully saturated rings. The SMILES string of the molecule is O=C(COC(=O)c1cccc(N2C(=O)[C@H]3CCCC[C@@H]3C2=O)c1)Nc1ccc(Cl)cc1Cl. The van der Waals surface area contributed by atoms with Crippen LogP contribution in [-0.2, 0) is 19.1 Å². The van der Waals surface area contributed by atoms with E-state index in [4.69, 9.17) is 27.9 Å². The van der Waals surface area contributed by atoms with Crippen LogP contribution < -0.4 is 10.2 Å². The molecule has 166 valence electrons. The number of hydrogen-bond acceptors (Lipinski definition) is 5. The van der Waals surface area contributed by atoms with Crippen molar-refractivity contribution in [3.05, 3.63) is 58.1 Å². The van der Waals surface area contributed by atoms with Gasteiger partial charge in [0, 0.05) is 5.02 Å². The molecular weight excluding hydrogens is 455 g/mol. The zero-order valence-corrected chi connectivity index (χ0v) is 18.5. The first kappa shape index (κ1) is 22.3. The highest BCUT2D eigenvalue weighted by atomic mass is 35.5. The van der Waals surface area contributed by atoms with Gasteiger partial charge in [-0.15, -0.1) is 0 Å². The molecule has 2 aliphatic rings. The molecule has 4 rings (SSSR count). The maximum Gasteiger partial charge on any atom is 0.338 e. The third kappa shape index (κ3) is 4.49. The smallest absolute Gasteiger partial charge is 0.338 e. The van der Waals surface area contributed by atoms with Gasteiger partial charge in [-0.05, 0) is 49.2 Å². The van der Waals surface area contributed by atoms with Crippen LogP contribution in [-0.4, -0.2) is 30.3 Å². The number of nitrogens with zero attached hydrogens (tertiary/aromatic N) is 1. The molecule has 2 aromatic carbocycles. The van der Waals surface area contributed by atoms with E-state index in [2.05, 4.69) is 5.32 Å². The van der Waals surface area contributed by atoms with Gasteiger partial charge in [-0.2, -0.15) is 0 Å². The normalized spacial score (nSPS) is 20.1. The third-order valence-corrected chi connectivity index (χ3v) is 6.27. The fourth-order valence-electron chi connectivity index (χ4n) is 4.18. The molecule has 0 spiro atoms. The van der Waals surface area contributed by atoms with Crippen molar-refractivity contribution < 1.29 is 23.9 Å². The maximum atomic E-state index is 12.8. The predicted molar refractivity (Wildman–Crippen MR) is 120 cm³/mol. The molecule has 0 bridgehead atoms. The highest BCUT2D eigenvalue weighted by Crippen LogP contribution is 2.40. The lowest BCUT2D eigenvalue weighted by Crippen LogP contribution is -2.31. The number of fused-ring (bicyclic) bond motifs is 1. The summed E-state index contributed by atoms with van der Waals surface area (Å²) in [5.74, 6) is -2.33. The quantitative estimate of drug-likeness (QED) is 0.509. The van der Waals surface area contributed by atoms with Crippen molar-refractivity contribution in [3.8, 4) is 0 Å². The van der Waals surface area contributed by atoms with Crippen LogP contribution in [0.25, 0.3) is 0 Å². The highest BCUT2D eigenvalue weighted by molar-refractivity contribution is 6.36. The minimum atomic E-state index is -0.749. The van der Waals surface area contributed by atoms with Crippen molar-refractivity contribution >= 4 is 58.3 Å². The second-order valence-corrected chi connectivity index (χ2v) is 8.65. The molecule has 1 heterocycles. The summed E-state index contributed by atoms with van der Waals surface area (Å²) < 4.78 is 5.08. The van der Waals surface area contributed by atoms with E-state index in [9.17, 15) is 19.2 Å². The molecule has 1 aliphatic heterocycles. The maximum absolute atomic E-state index is 12.8. The summed E-state index contributed by atoms with van der Waals surface area (Å²) in [6.07, 6.45) is 3.29. The number of amides is 3. The zero-order valence-electron chi connectivity index (χ0n) is 17.0. The van der Waals surface area contributed by atoms with E-state index in [1.54, 1.807) is 18.2 Å². The molecule has 0 unspecified atom stereocenters. The number of halogens is 2. The molecule has 0 radical (unpaired) electrons. The lowest BCUT2D eigenvalue weighted by atomic mass is 9.81. The first-order valence-electron chi connectivity index (χ1n) is 10.2. The van der Waals surface area contributed by atoms with Crippen molar-refractivity contribution in [2.24, 2.45) is 11.8 Å². The monoisotopic (exact) mass is 474 g/mol. The molecule has 2 aromatic rings. The number of carbonyl (C=O) groups excluding carboxylic acids is 4. The number of anilines is 2.